The van der Waals surface area contributed by atoms with Crippen molar-refractivity contribution >= 4 is 5.82 Å². The van der Waals surface area contributed by atoms with Crippen LogP contribution in [-0.2, 0) is 12.0 Å². The van der Waals surface area contributed by atoms with Crippen LogP contribution < -0.4 is 4.90 Å². The van der Waals surface area contributed by atoms with Crippen molar-refractivity contribution in [2.24, 2.45) is 0 Å². The van der Waals surface area contributed by atoms with Crippen LogP contribution in [0.3, 0.4) is 0 Å². The summed E-state index contributed by atoms with van der Waals surface area (Å²) in [5.41, 5.74) is 1.86. The Morgan fingerprint density at radius 1 is 0.938 bits per heavy atom. The molecule has 0 spiro atoms. The second-order valence-corrected chi connectivity index (χ2v) is 9.06. The van der Waals surface area contributed by atoms with Crippen molar-refractivity contribution in [3.8, 4) is 0 Å². The second-order valence-electron chi connectivity index (χ2n) is 9.06. The van der Waals surface area contributed by atoms with Gasteiger partial charge in [0.05, 0.1) is 12.0 Å². The van der Waals surface area contributed by atoms with Gasteiger partial charge in [-0.15, -0.1) is 0 Å². The van der Waals surface area contributed by atoms with E-state index in [4.69, 9.17) is 9.51 Å². The Balaban J connectivity index is 1.27. The summed E-state index contributed by atoms with van der Waals surface area (Å²) in [6, 6.07) is 13.0. The maximum absolute atomic E-state index is 13.5. The fourth-order valence-corrected chi connectivity index (χ4v) is 5.11. The van der Waals surface area contributed by atoms with Crippen molar-refractivity contribution in [1.29, 1.82) is 0 Å². The van der Waals surface area contributed by atoms with Gasteiger partial charge in [-0.05, 0) is 49.6 Å². The maximum Gasteiger partial charge on any atom is 0.240 e. The molecule has 32 heavy (non-hydrogen) atoms. The van der Waals surface area contributed by atoms with Gasteiger partial charge in [-0.3, -0.25) is 4.90 Å². The molecule has 0 atom stereocenters. The number of aryl methyl sites for hydroxylation is 1. The molecule has 1 aliphatic carbocycles. The molecule has 1 saturated heterocycles. The molecule has 0 radical (unpaired) electrons. The summed E-state index contributed by atoms with van der Waals surface area (Å²) in [7, 11) is 0. The minimum absolute atomic E-state index is 0.214. The number of halogens is 1. The lowest BCUT2D eigenvalue weighted by atomic mass is 9.69. The van der Waals surface area contributed by atoms with Gasteiger partial charge >= 0.3 is 0 Å². The van der Waals surface area contributed by atoms with Crippen LogP contribution in [0.5, 0.6) is 0 Å². The molecule has 2 fully saturated rings. The molecule has 0 N–H and O–H groups in total. The fraction of sp³-hybridized carbons (Fsp3) is 0.480. The van der Waals surface area contributed by atoms with Gasteiger partial charge in [0, 0.05) is 31.9 Å². The molecule has 2 aliphatic rings. The van der Waals surface area contributed by atoms with Crippen molar-refractivity contribution < 1.29 is 8.91 Å². The third-order valence-electron chi connectivity index (χ3n) is 6.93. The molecular formula is C25H30FN5O. The van der Waals surface area contributed by atoms with Gasteiger partial charge in [-0.2, -0.15) is 4.98 Å². The van der Waals surface area contributed by atoms with Crippen LogP contribution in [-0.4, -0.2) is 46.2 Å². The molecule has 1 aromatic carbocycles. The number of nitrogens with zero attached hydrogens (tertiary/aromatic N) is 5. The van der Waals surface area contributed by atoms with Crippen LogP contribution in [0.4, 0.5) is 10.2 Å². The third-order valence-corrected chi connectivity index (χ3v) is 6.93. The molecular weight excluding hydrogens is 405 g/mol. The van der Waals surface area contributed by atoms with Crippen molar-refractivity contribution in [1.82, 2.24) is 20.0 Å². The first kappa shape index (κ1) is 21.1. The zero-order chi connectivity index (χ0) is 22.0. The fourth-order valence-electron chi connectivity index (χ4n) is 5.11. The van der Waals surface area contributed by atoms with Crippen LogP contribution in [0, 0.1) is 12.7 Å². The van der Waals surface area contributed by atoms with Crippen molar-refractivity contribution in [3.63, 3.8) is 0 Å². The highest BCUT2D eigenvalue weighted by atomic mass is 19.1. The number of aromatic nitrogens is 3. The summed E-state index contributed by atoms with van der Waals surface area (Å²) in [5.74, 6) is 2.24. The molecule has 168 valence electrons. The molecule has 1 aliphatic heterocycles. The Hall–Kier alpha value is -2.80. The van der Waals surface area contributed by atoms with E-state index in [1.807, 2.05) is 25.1 Å². The minimum Gasteiger partial charge on any atom is -0.354 e. The van der Waals surface area contributed by atoms with Crippen LogP contribution >= 0.6 is 0 Å². The van der Waals surface area contributed by atoms with E-state index < -0.39 is 0 Å². The predicted octanol–water partition coefficient (Wildman–Crippen LogP) is 4.48. The zero-order valence-electron chi connectivity index (χ0n) is 18.6. The molecule has 3 aromatic rings. The largest absolute Gasteiger partial charge is 0.354 e. The first-order chi connectivity index (χ1) is 15.6. The highest BCUT2D eigenvalue weighted by Gasteiger charge is 2.40. The smallest absolute Gasteiger partial charge is 0.240 e. The number of pyridine rings is 1. The number of piperazine rings is 1. The van der Waals surface area contributed by atoms with Gasteiger partial charge in [-0.1, -0.05) is 42.6 Å². The normalized spacial score (nSPS) is 19.2. The zero-order valence-corrected chi connectivity index (χ0v) is 18.6. The van der Waals surface area contributed by atoms with Crippen LogP contribution in [0.2, 0.25) is 0 Å². The summed E-state index contributed by atoms with van der Waals surface area (Å²) in [5, 5.41) is 4.42. The SMILES string of the molecule is Cc1cccc(N2CCN(Cc3nc(C4(c5ccc(F)cc5)CCCCC4)no3)CC2)n1. The molecule has 7 heteroatoms. The van der Waals surface area contributed by atoms with E-state index in [1.54, 1.807) is 0 Å². The Bertz CT molecular complexity index is 1040. The summed E-state index contributed by atoms with van der Waals surface area (Å²) in [4.78, 5) is 14.2. The lowest BCUT2D eigenvalue weighted by Gasteiger charge is -2.35. The summed E-state index contributed by atoms with van der Waals surface area (Å²) >= 11 is 0. The van der Waals surface area contributed by atoms with Crippen LogP contribution in [0.1, 0.15) is 55.1 Å². The lowest BCUT2D eigenvalue weighted by Crippen LogP contribution is -2.46. The van der Waals surface area contributed by atoms with Crippen LogP contribution in [0.15, 0.2) is 47.0 Å². The average molecular weight is 436 g/mol. The van der Waals surface area contributed by atoms with E-state index in [2.05, 4.69) is 32.1 Å². The monoisotopic (exact) mass is 435 g/mol. The number of benzene rings is 1. The summed E-state index contributed by atoms with van der Waals surface area (Å²) < 4.78 is 19.3. The van der Waals surface area contributed by atoms with Gasteiger partial charge in [0.15, 0.2) is 5.82 Å². The Morgan fingerprint density at radius 2 is 1.69 bits per heavy atom. The third kappa shape index (κ3) is 4.26. The van der Waals surface area contributed by atoms with E-state index in [0.29, 0.717) is 12.4 Å². The van der Waals surface area contributed by atoms with Gasteiger partial charge in [-0.25, -0.2) is 9.37 Å². The molecule has 2 aromatic heterocycles. The molecule has 0 bridgehead atoms. The topological polar surface area (TPSA) is 58.3 Å². The molecule has 0 unspecified atom stereocenters. The predicted molar refractivity (Wildman–Crippen MR) is 121 cm³/mol. The van der Waals surface area contributed by atoms with Crippen LogP contribution in [0.25, 0.3) is 0 Å². The summed E-state index contributed by atoms with van der Waals surface area (Å²) in [6.45, 7) is 6.39. The minimum atomic E-state index is -0.275. The van der Waals surface area contributed by atoms with E-state index in [0.717, 1.165) is 74.8 Å². The Kier molecular flexibility index (Phi) is 5.91. The Morgan fingerprint density at radius 3 is 2.41 bits per heavy atom. The molecule has 0 amide bonds. The summed E-state index contributed by atoms with van der Waals surface area (Å²) in [6.07, 6.45) is 5.40. The van der Waals surface area contributed by atoms with E-state index in [-0.39, 0.29) is 11.2 Å². The molecule has 5 rings (SSSR count). The number of anilines is 1. The standard InChI is InChI=1S/C25H30FN5O/c1-19-6-5-7-22(27-19)31-16-14-30(15-17-31)18-23-28-24(29-32-23)25(12-3-2-4-13-25)20-8-10-21(26)11-9-20/h5-11H,2-4,12-18H2,1H3. The quantitative estimate of drug-likeness (QED) is 0.589. The number of rotatable bonds is 5. The van der Waals surface area contributed by atoms with Gasteiger partial charge < -0.3 is 9.42 Å². The number of hydrogen-bond donors (Lipinski definition) is 0. The van der Waals surface area contributed by atoms with Gasteiger partial charge in [0.25, 0.3) is 0 Å². The van der Waals surface area contributed by atoms with Crippen molar-refractivity contribution in [2.45, 2.75) is 51.0 Å². The van der Waals surface area contributed by atoms with Gasteiger partial charge in [0.1, 0.15) is 11.6 Å². The Labute approximate surface area is 188 Å². The highest BCUT2D eigenvalue weighted by molar-refractivity contribution is 5.39. The second kappa shape index (κ2) is 8.98. The molecule has 1 saturated carbocycles. The first-order valence-corrected chi connectivity index (χ1v) is 11.6. The van der Waals surface area contributed by atoms with E-state index in [9.17, 15) is 4.39 Å². The average Bonchev–Trinajstić information content (AvgIpc) is 3.29. The first-order valence-electron chi connectivity index (χ1n) is 11.6. The maximum atomic E-state index is 13.5. The molecule has 3 heterocycles. The van der Waals surface area contributed by atoms with Crippen molar-refractivity contribution in [3.05, 3.63) is 71.3 Å². The highest BCUT2D eigenvalue weighted by Crippen LogP contribution is 2.43. The lowest BCUT2D eigenvalue weighted by molar-refractivity contribution is 0.214. The van der Waals surface area contributed by atoms with E-state index >= 15 is 0 Å². The van der Waals surface area contributed by atoms with Gasteiger partial charge in [0.2, 0.25) is 5.89 Å². The van der Waals surface area contributed by atoms with E-state index in [1.165, 1.54) is 18.6 Å². The molecule has 6 nitrogen and oxygen atoms in total. The van der Waals surface area contributed by atoms with Crippen molar-refractivity contribution in [2.75, 3.05) is 31.1 Å². The number of hydrogen-bond acceptors (Lipinski definition) is 6.